The predicted octanol–water partition coefficient (Wildman–Crippen LogP) is 2.61. The number of rotatable bonds is 4. The summed E-state index contributed by atoms with van der Waals surface area (Å²) in [6, 6.07) is 5.31. The molecule has 0 aliphatic carbocycles. The van der Waals surface area contributed by atoms with Crippen LogP contribution in [0.1, 0.15) is 11.1 Å². The van der Waals surface area contributed by atoms with Gasteiger partial charge < -0.3 is 5.73 Å². The number of carbonyl (C=O) groups excluding carboxylic acids is 1. The highest BCUT2D eigenvalue weighted by Crippen LogP contribution is 2.37. The van der Waals surface area contributed by atoms with Gasteiger partial charge in [0.15, 0.2) is 0 Å². The molecule has 2 heterocycles. The Bertz CT molecular complexity index is 772. The van der Waals surface area contributed by atoms with Gasteiger partial charge in [0.25, 0.3) is 0 Å². The van der Waals surface area contributed by atoms with E-state index in [2.05, 4.69) is 9.97 Å². The summed E-state index contributed by atoms with van der Waals surface area (Å²) in [7, 11) is 0. The summed E-state index contributed by atoms with van der Waals surface area (Å²) >= 11 is 0.695. The van der Waals surface area contributed by atoms with Crippen molar-refractivity contribution < 1.29 is 18.0 Å². The molecular formula is C14H9F3N4OS. The average molecular weight is 338 g/mol. The third-order valence-corrected chi connectivity index (χ3v) is 3.73. The van der Waals surface area contributed by atoms with Crippen LogP contribution < -0.4 is 5.73 Å². The zero-order valence-corrected chi connectivity index (χ0v) is 12.3. The Morgan fingerprint density at radius 3 is 2.52 bits per heavy atom. The monoisotopic (exact) mass is 338 g/mol. The number of pyridine rings is 2. The quantitative estimate of drug-likeness (QED) is 0.865. The topological polar surface area (TPSA) is 92.7 Å². The lowest BCUT2D eigenvalue weighted by atomic mass is 10.1. The number of nitriles is 1. The molecule has 2 aromatic rings. The summed E-state index contributed by atoms with van der Waals surface area (Å²) in [5.74, 6) is -0.998. The van der Waals surface area contributed by atoms with Gasteiger partial charge in [-0.15, -0.1) is 0 Å². The van der Waals surface area contributed by atoms with Crippen molar-refractivity contribution in [3.63, 3.8) is 0 Å². The van der Waals surface area contributed by atoms with E-state index >= 15 is 0 Å². The van der Waals surface area contributed by atoms with Crippen LogP contribution in [0.3, 0.4) is 0 Å². The van der Waals surface area contributed by atoms with Crippen molar-refractivity contribution in [3.8, 4) is 17.3 Å². The van der Waals surface area contributed by atoms with Crippen molar-refractivity contribution in [2.24, 2.45) is 5.73 Å². The molecule has 0 aromatic carbocycles. The smallest absolute Gasteiger partial charge is 0.369 e. The van der Waals surface area contributed by atoms with Crippen molar-refractivity contribution in [2.75, 3.05) is 5.75 Å². The third-order valence-electron chi connectivity index (χ3n) is 2.73. The molecule has 118 valence electrons. The Hall–Kier alpha value is -2.60. The van der Waals surface area contributed by atoms with Gasteiger partial charge in [0, 0.05) is 18.0 Å². The van der Waals surface area contributed by atoms with E-state index in [0.717, 1.165) is 6.07 Å². The van der Waals surface area contributed by atoms with E-state index < -0.39 is 23.2 Å². The molecule has 1 amide bonds. The number of primary amides is 1. The van der Waals surface area contributed by atoms with Crippen molar-refractivity contribution in [2.45, 2.75) is 11.2 Å². The Morgan fingerprint density at radius 1 is 1.35 bits per heavy atom. The number of aromatic nitrogens is 2. The molecule has 0 unspecified atom stereocenters. The van der Waals surface area contributed by atoms with Crippen LogP contribution in [0.4, 0.5) is 13.2 Å². The Kier molecular flexibility index (Phi) is 4.86. The highest BCUT2D eigenvalue weighted by atomic mass is 32.2. The summed E-state index contributed by atoms with van der Waals surface area (Å²) in [6.45, 7) is 0. The highest BCUT2D eigenvalue weighted by Gasteiger charge is 2.36. The van der Waals surface area contributed by atoms with E-state index in [1.54, 1.807) is 0 Å². The molecule has 0 radical (unpaired) electrons. The molecule has 0 bridgehead atoms. The van der Waals surface area contributed by atoms with Gasteiger partial charge in [0.1, 0.15) is 11.1 Å². The second-order valence-corrected chi connectivity index (χ2v) is 5.30. The summed E-state index contributed by atoms with van der Waals surface area (Å²) < 4.78 is 39.7. The lowest BCUT2D eigenvalue weighted by Gasteiger charge is -2.13. The van der Waals surface area contributed by atoms with E-state index in [4.69, 9.17) is 11.0 Å². The summed E-state index contributed by atoms with van der Waals surface area (Å²) in [5.41, 5.74) is 3.72. The first-order chi connectivity index (χ1) is 10.8. The van der Waals surface area contributed by atoms with E-state index in [9.17, 15) is 18.0 Å². The van der Waals surface area contributed by atoms with Crippen molar-refractivity contribution in [1.82, 2.24) is 9.97 Å². The van der Waals surface area contributed by atoms with Gasteiger partial charge in [0.2, 0.25) is 5.91 Å². The fourth-order valence-electron chi connectivity index (χ4n) is 1.77. The number of thioether (sulfide) groups is 1. The van der Waals surface area contributed by atoms with Gasteiger partial charge in [-0.05, 0) is 18.2 Å². The van der Waals surface area contributed by atoms with Crippen molar-refractivity contribution >= 4 is 17.7 Å². The molecular weight excluding hydrogens is 329 g/mol. The maximum Gasteiger partial charge on any atom is 0.417 e. The molecule has 0 saturated carbocycles. The second-order valence-electron chi connectivity index (χ2n) is 4.34. The largest absolute Gasteiger partial charge is 0.417 e. The van der Waals surface area contributed by atoms with E-state index in [-0.39, 0.29) is 16.5 Å². The second kappa shape index (κ2) is 6.66. The minimum Gasteiger partial charge on any atom is -0.369 e. The number of nitrogens with two attached hydrogens (primary N) is 1. The summed E-state index contributed by atoms with van der Waals surface area (Å²) in [5, 5.41) is 8.87. The van der Waals surface area contributed by atoms with E-state index in [1.165, 1.54) is 30.6 Å². The minimum atomic E-state index is -4.72. The van der Waals surface area contributed by atoms with E-state index in [0.29, 0.717) is 17.3 Å². The molecule has 0 atom stereocenters. The molecule has 0 spiro atoms. The zero-order chi connectivity index (χ0) is 17.0. The van der Waals surface area contributed by atoms with Crippen LogP contribution in [0.15, 0.2) is 35.6 Å². The molecule has 23 heavy (non-hydrogen) atoms. The molecule has 5 nitrogen and oxygen atoms in total. The number of amides is 1. The normalized spacial score (nSPS) is 11.0. The SMILES string of the molecule is N#Cc1c(C(F)(F)F)cc(-c2ccncc2)nc1SCC(N)=O. The van der Waals surface area contributed by atoms with Gasteiger partial charge >= 0.3 is 6.18 Å². The number of carbonyl (C=O) groups is 1. The molecule has 2 aromatic heterocycles. The van der Waals surface area contributed by atoms with Gasteiger partial charge in [-0.2, -0.15) is 18.4 Å². The number of nitrogens with zero attached hydrogens (tertiary/aromatic N) is 3. The van der Waals surface area contributed by atoms with Crippen LogP contribution >= 0.6 is 11.8 Å². The molecule has 2 rings (SSSR count). The Balaban J connectivity index is 2.64. The van der Waals surface area contributed by atoms with Crippen LogP contribution in [-0.4, -0.2) is 21.6 Å². The highest BCUT2D eigenvalue weighted by molar-refractivity contribution is 8.00. The van der Waals surface area contributed by atoms with Crippen LogP contribution in [0.5, 0.6) is 0 Å². The first-order valence-electron chi connectivity index (χ1n) is 6.16. The average Bonchev–Trinajstić information content (AvgIpc) is 2.51. The molecule has 9 heteroatoms. The van der Waals surface area contributed by atoms with Crippen LogP contribution in [0.2, 0.25) is 0 Å². The van der Waals surface area contributed by atoms with Crippen LogP contribution in [-0.2, 0) is 11.0 Å². The van der Waals surface area contributed by atoms with Gasteiger partial charge in [-0.25, -0.2) is 4.98 Å². The maximum atomic E-state index is 13.2. The lowest BCUT2D eigenvalue weighted by molar-refractivity contribution is -0.138. The zero-order valence-electron chi connectivity index (χ0n) is 11.5. The first kappa shape index (κ1) is 16.8. The first-order valence-corrected chi connectivity index (χ1v) is 7.15. The molecule has 0 saturated heterocycles. The number of alkyl halides is 3. The fourth-order valence-corrected chi connectivity index (χ4v) is 2.51. The maximum absolute atomic E-state index is 13.2. The number of hydrogen-bond acceptors (Lipinski definition) is 5. The molecule has 0 aliphatic rings. The van der Waals surface area contributed by atoms with Gasteiger partial charge in [-0.3, -0.25) is 9.78 Å². The Labute approximate surface area is 133 Å². The van der Waals surface area contributed by atoms with Crippen LogP contribution in [0, 0.1) is 11.3 Å². The van der Waals surface area contributed by atoms with Gasteiger partial charge in [0.05, 0.1) is 22.6 Å². The van der Waals surface area contributed by atoms with Gasteiger partial charge in [-0.1, -0.05) is 11.8 Å². The Morgan fingerprint density at radius 2 is 2.00 bits per heavy atom. The molecule has 0 fully saturated rings. The lowest BCUT2D eigenvalue weighted by Crippen LogP contribution is -2.14. The standard InChI is InChI=1S/C14H9F3N4OS/c15-14(16,17)10-5-11(8-1-3-20-4-2-8)21-13(9(10)6-18)23-7-12(19)22/h1-5H,7H2,(H2,19,22). The van der Waals surface area contributed by atoms with Crippen LogP contribution in [0.25, 0.3) is 11.3 Å². The molecule has 0 aliphatic heterocycles. The summed E-state index contributed by atoms with van der Waals surface area (Å²) in [6.07, 6.45) is -1.89. The number of hydrogen-bond donors (Lipinski definition) is 1. The fraction of sp³-hybridized carbons (Fsp3) is 0.143. The number of halogens is 3. The van der Waals surface area contributed by atoms with Crippen molar-refractivity contribution in [1.29, 1.82) is 5.26 Å². The van der Waals surface area contributed by atoms with E-state index in [1.807, 2.05) is 0 Å². The van der Waals surface area contributed by atoms with Crippen molar-refractivity contribution in [3.05, 3.63) is 41.7 Å². The molecule has 2 N–H and O–H groups in total. The summed E-state index contributed by atoms with van der Waals surface area (Å²) in [4.78, 5) is 18.7. The minimum absolute atomic E-state index is 0.0331. The predicted molar refractivity (Wildman–Crippen MR) is 77.1 cm³/mol. The third kappa shape index (κ3) is 3.98.